The van der Waals surface area contributed by atoms with Crippen LogP contribution in [0.1, 0.15) is 65.2 Å². The van der Waals surface area contributed by atoms with Gasteiger partial charge < -0.3 is 20.2 Å². The van der Waals surface area contributed by atoms with Crippen molar-refractivity contribution in [2.24, 2.45) is 0 Å². The molecule has 5 rings (SSSR count). The Morgan fingerprint density at radius 3 is 2.74 bits per heavy atom. The highest BCUT2D eigenvalue weighted by molar-refractivity contribution is 6.29. The first-order valence-electron chi connectivity index (χ1n) is 11.8. The number of hydrogen-bond donors (Lipinski definition) is 3. The minimum absolute atomic E-state index is 0.154. The van der Waals surface area contributed by atoms with Gasteiger partial charge in [0.2, 0.25) is 0 Å². The van der Waals surface area contributed by atoms with E-state index in [1.807, 2.05) is 24.3 Å². The van der Waals surface area contributed by atoms with Gasteiger partial charge in [-0.25, -0.2) is 4.98 Å². The van der Waals surface area contributed by atoms with Gasteiger partial charge in [0.1, 0.15) is 5.15 Å². The summed E-state index contributed by atoms with van der Waals surface area (Å²) in [6, 6.07) is 8.65. The third kappa shape index (κ3) is 4.18. The molecule has 1 saturated carbocycles. The molecule has 1 aliphatic carbocycles. The fourth-order valence-corrected chi connectivity index (χ4v) is 5.62. The second-order valence-corrected chi connectivity index (χ2v) is 9.67. The Morgan fingerprint density at radius 1 is 1.18 bits per heavy atom. The quantitative estimate of drug-likeness (QED) is 0.466. The van der Waals surface area contributed by atoms with Crippen LogP contribution in [0.15, 0.2) is 42.7 Å². The van der Waals surface area contributed by atoms with E-state index < -0.39 is 24.9 Å². The minimum atomic E-state index is -0.981. The Morgan fingerprint density at radius 2 is 2.00 bits per heavy atom. The van der Waals surface area contributed by atoms with Gasteiger partial charge in [0.05, 0.1) is 36.4 Å². The number of hydrogen-bond acceptors (Lipinski definition) is 6. The number of nitrogens with zero attached hydrogens (tertiary/aromatic N) is 3. The lowest BCUT2D eigenvalue weighted by Gasteiger charge is -2.39. The van der Waals surface area contributed by atoms with Crippen molar-refractivity contribution in [2.75, 3.05) is 6.61 Å². The number of aliphatic hydroxyl groups excluding tert-OH is 3. The number of fused-ring (bicyclic) bond motifs is 3. The number of rotatable bonds is 6. The zero-order valence-electron chi connectivity index (χ0n) is 18.8. The van der Waals surface area contributed by atoms with E-state index in [1.54, 1.807) is 23.4 Å². The maximum absolute atomic E-state index is 13.8. The SMILES string of the molecule is O=C1c2cc(Cc3ccc(Cl)nc3)c3cccnc3c2C(CC(O)CO)N1[C@H]1CCCC[C@@H]1O. The van der Waals surface area contributed by atoms with Crippen molar-refractivity contribution >= 4 is 28.4 Å². The van der Waals surface area contributed by atoms with E-state index in [9.17, 15) is 20.1 Å². The van der Waals surface area contributed by atoms with Crippen LogP contribution in [0.4, 0.5) is 0 Å². The predicted octanol–water partition coefficient (Wildman–Crippen LogP) is 3.42. The highest BCUT2D eigenvalue weighted by Crippen LogP contribution is 2.45. The molecule has 1 aliphatic heterocycles. The largest absolute Gasteiger partial charge is 0.394 e. The summed E-state index contributed by atoms with van der Waals surface area (Å²) < 4.78 is 0. The van der Waals surface area contributed by atoms with Crippen LogP contribution in [0.5, 0.6) is 0 Å². The van der Waals surface area contributed by atoms with Gasteiger partial charge in [0.15, 0.2) is 0 Å². The summed E-state index contributed by atoms with van der Waals surface area (Å²) in [4.78, 5) is 24.4. The number of aromatic nitrogens is 2. The van der Waals surface area contributed by atoms with Crippen LogP contribution in [0.25, 0.3) is 10.9 Å². The molecule has 2 unspecified atom stereocenters. The molecule has 1 amide bonds. The van der Waals surface area contributed by atoms with Crippen molar-refractivity contribution in [1.29, 1.82) is 0 Å². The predicted molar refractivity (Wildman–Crippen MR) is 129 cm³/mol. The number of amides is 1. The van der Waals surface area contributed by atoms with Gasteiger partial charge in [0.25, 0.3) is 5.91 Å². The molecule has 2 aromatic heterocycles. The Bertz CT molecular complexity index is 1200. The van der Waals surface area contributed by atoms with Gasteiger partial charge >= 0.3 is 0 Å². The Labute approximate surface area is 203 Å². The highest BCUT2D eigenvalue weighted by atomic mass is 35.5. The van der Waals surface area contributed by atoms with E-state index >= 15 is 0 Å². The summed E-state index contributed by atoms with van der Waals surface area (Å²) in [5, 5.41) is 32.1. The zero-order chi connectivity index (χ0) is 23.8. The van der Waals surface area contributed by atoms with Gasteiger partial charge in [-0.15, -0.1) is 0 Å². The van der Waals surface area contributed by atoms with Crippen LogP contribution in [0, 0.1) is 0 Å². The van der Waals surface area contributed by atoms with Crippen molar-refractivity contribution in [3.05, 3.63) is 70.1 Å². The minimum Gasteiger partial charge on any atom is -0.394 e. The number of aliphatic hydroxyl groups is 3. The van der Waals surface area contributed by atoms with Gasteiger partial charge in [-0.3, -0.25) is 9.78 Å². The standard InChI is InChI=1S/C26H28ClN3O4/c27-23-8-7-15(13-29-23)10-16-11-19-24(25-18(16)4-3-9-28-25)21(12-17(32)14-31)30(26(19)34)20-5-1-2-6-22(20)33/h3-4,7-9,11,13,17,20-22,31-33H,1-2,5-6,10,12,14H2/t17?,20-,21?,22-/m0/s1. The maximum atomic E-state index is 13.8. The Kier molecular flexibility index (Phi) is 6.53. The fourth-order valence-electron chi connectivity index (χ4n) is 5.51. The Hall–Kier alpha value is -2.58. The molecule has 2 aliphatic rings. The number of benzene rings is 1. The van der Waals surface area contributed by atoms with Crippen molar-refractivity contribution in [2.45, 2.75) is 62.8 Å². The van der Waals surface area contributed by atoms with Crippen LogP contribution >= 0.6 is 11.6 Å². The van der Waals surface area contributed by atoms with Crippen molar-refractivity contribution in [1.82, 2.24) is 14.9 Å². The summed E-state index contributed by atoms with van der Waals surface area (Å²) >= 11 is 5.95. The summed E-state index contributed by atoms with van der Waals surface area (Å²) in [6.07, 6.45) is 5.81. The van der Waals surface area contributed by atoms with Gasteiger partial charge in [-0.2, -0.15) is 0 Å². The summed E-state index contributed by atoms with van der Waals surface area (Å²) in [6.45, 7) is -0.395. The normalized spacial score (nSPS) is 23.4. The lowest BCUT2D eigenvalue weighted by atomic mass is 9.89. The molecule has 4 atom stereocenters. The van der Waals surface area contributed by atoms with E-state index in [2.05, 4.69) is 9.97 Å². The van der Waals surface area contributed by atoms with Gasteiger partial charge in [0, 0.05) is 35.3 Å². The molecular weight excluding hydrogens is 454 g/mol. The third-order valence-electron chi connectivity index (χ3n) is 7.09. The zero-order valence-corrected chi connectivity index (χ0v) is 19.5. The van der Waals surface area contributed by atoms with Crippen molar-refractivity contribution in [3.8, 4) is 0 Å². The second-order valence-electron chi connectivity index (χ2n) is 9.28. The average Bonchev–Trinajstić information content (AvgIpc) is 3.12. The second kappa shape index (κ2) is 9.58. The van der Waals surface area contributed by atoms with Crippen LogP contribution in [-0.2, 0) is 6.42 Å². The summed E-state index contributed by atoms with van der Waals surface area (Å²) in [5.74, 6) is -0.154. The number of carbonyl (C=O) groups excluding carboxylic acids is 1. The van der Waals surface area contributed by atoms with E-state index in [0.717, 1.165) is 34.9 Å². The topological polar surface area (TPSA) is 107 Å². The van der Waals surface area contributed by atoms with Crippen LogP contribution in [0.3, 0.4) is 0 Å². The van der Waals surface area contributed by atoms with Crippen LogP contribution in [-0.4, -0.2) is 61.0 Å². The molecule has 1 fully saturated rings. The molecule has 8 heteroatoms. The van der Waals surface area contributed by atoms with E-state index in [1.165, 1.54) is 0 Å². The lowest BCUT2D eigenvalue weighted by Crippen LogP contribution is -2.47. The molecule has 3 N–H and O–H groups in total. The Balaban J connectivity index is 1.64. The highest BCUT2D eigenvalue weighted by Gasteiger charge is 2.45. The first kappa shape index (κ1) is 23.2. The molecule has 3 aromatic rings. The van der Waals surface area contributed by atoms with Crippen molar-refractivity contribution in [3.63, 3.8) is 0 Å². The van der Waals surface area contributed by atoms with Gasteiger partial charge in [-0.05, 0) is 48.6 Å². The first-order valence-corrected chi connectivity index (χ1v) is 12.2. The molecule has 178 valence electrons. The van der Waals surface area contributed by atoms with E-state index in [0.29, 0.717) is 35.5 Å². The molecule has 34 heavy (non-hydrogen) atoms. The van der Waals surface area contributed by atoms with Crippen LogP contribution in [0.2, 0.25) is 5.15 Å². The molecule has 0 radical (unpaired) electrons. The first-order chi connectivity index (χ1) is 16.5. The number of carbonyl (C=O) groups is 1. The molecular formula is C26H28ClN3O4. The number of pyridine rings is 2. The van der Waals surface area contributed by atoms with Crippen molar-refractivity contribution < 1.29 is 20.1 Å². The monoisotopic (exact) mass is 481 g/mol. The summed E-state index contributed by atoms with van der Waals surface area (Å²) in [7, 11) is 0. The number of halogens is 1. The van der Waals surface area contributed by atoms with Gasteiger partial charge in [-0.1, -0.05) is 36.6 Å². The average molecular weight is 482 g/mol. The molecule has 7 nitrogen and oxygen atoms in total. The van der Waals surface area contributed by atoms with E-state index in [4.69, 9.17) is 11.6 Å². The molecule has 1 aromatic carbocycles. The van der Waals surface area contributed by atoms with Crippen LogP contribution < -0.4 is 0 Å². The fraction of sp³-hybridized carbons (Fsp3) is 0.423. The van der Waals surface area contributed by atoms with E-state index in [-0.39, 0.29) is 18.4 Å². The maximum Gasteiger partial charge on any atom is 0.255 e. The lowest BCUT2D eigenvalue weighted by molar-refractivity contribution is -0.00611. The smallest absolute Gasteiger partial charge is 0.255 e. The summed E-state index contributed by atoms with van der Waals surface area (Å²) in [5.41, 5.74) is 3.95. The third-order valence-corrected chi connectivity index (χ3v) is 7.32. The molecule has 3 heterocycles. The molecule has 0 saturated heterocycles. The molecule has 0 bridgehead atoms. The molecule has 0 spiro atoms.